The molecule has 18 heavy (non-hydrogen) atoms. The molecule has 0 amide bonds. The smallest absolute Gasteiger partial charge is 0.123 e. The van der Waals surface area contributed by atoms with Crippen LogP contribution in [0.1, 0.15) is 18.1 Å². The van der Waals surface area contributed by atoms with Crippen molar-refractivity contribution in [3.8, 4) is 0 Å². The number of benzene rings is 1. The average molecular weight is 251 g/mol. The van der Waals surface area contributed by atoms with E-state index in [1.165, 1.54) is 6.07 Å². The number of nitrogens with two attached hydrogens (primary N) is 1. The van der Waals surface area contributed by atoms with Crippen molar-refractivity contribution >= 4 is 0 Å². The number of piperazine rings is 1. The van der Waals surface area contributed by atoms with Gasteiger partial charge in [0.2, 0.25) is 0 Å². The molecule has 1 aliphatic heterocycles. The van der Waals surface area contributed by atoms with Gasteiger partial charge in [0.1, 0.15) is 5.82 Å². The van der Waals surface area contributed by atoms with E-state index in [1.54, 1.807) is 6.07 Å². The molecule has 0 aliphatic carbocycles. The number of hydrogen-bond donors (Lipinski definition) is 1. The number of hydrogen-bond acceptors (Lipinski definition) is 3. The van der Waals surface area contributed by atoms with Crippen LogP contribution in [-0.4, -0.2) is 42.5 Å². The van der Waals surface area contributed by atoms with Crippen LogP contribution in [0, 0.1) is 5.82 Å². The van der Waals surface area contributed by atoms with Gasteiger partial charge in [-0.1, -0.05) is 13.0 Å². The van der Waals surface area contributed by atoms with Gasteiger partial charge < -0.3 is 10.6 Å². The molecule has 4 heteroatoms. The molecule has 1 heterocycles. The number of nitrogens with zero attached hydrogens (tertiary/aromatic N) is 2. The second-order valence-electron chi connectivity index (χ2n) is 4.83. The second-order valence-corrected chi connectivity index (χ2v) is 4.83. The molecular formula is C14H22FN3. The van der Waals surface area contributed by atoms with E-state index < -0.39 is 0 Å². The van der Waals surface area contributed by atoms with Crippen molar-refractivity contribution in [1.29, 1.82) is 0 Å². The predicted molar refractivity (Wildman–Crippen MR) is 71.7 cm³/mol. The van der Waals surface area contributed by atoms with Crippen LogP contribution in [0.3, 0.4) is 0 Å². The number of halogens is 1. The van der Waals surface area contributed by atoms with Crippen LogP contribution in [0.25, 0.3) is 0 Å². The van der Waals surface area contributed by atoms with E-state index in [4.69, 9.17) is 5.73 Å². The highest BCUT2D eigenvalue weighted by Gasteiger charge is 2.16. The number of likely N-dealkylation sites (N-methyl/N-ethyl adjacent to an activating group) is 1. The minimum Gasteiger partial charge on any atom is -0.326 e. The Labute approximate surface area is 108 Å². The Morgan fingerprint density at radius 3 is 2.39 bits per heavy atom. The molecule has 0 radical (unpaired) electrons. The summed E-state index contributed by atoms with van der Waals surface area (Å²) >= 11 is 0. The molecule has 1 saturated heterocycles. The largest absolute Gasteiger partial charge is 0.326 e. The monoisotopic (exact) mass is 251 g/mol. The topological polar surface area (TPSA) is 32.5 Å². The maximum absolute atomic E-state index is 13.1. The normalized spacial score (nSPS) is 18.2. The Kier molecular flexibility index (Phi) is 4.69. The van der Waals surface area contributed by atoms with E-state index in [0.29, 0.717) is 6.54 Å². The van der Waals surface area contributed by atoms with Gasteiger partial charge in [-0.3, -0.25) is 4.90 Å². The first-order valence-corrected chi connectivity index (χ1v) is 6.65. The molecule has 100 valence electrons. The van der Waals surface area contributed by atoms with Gasteiger partial charge in [0.15, 0.2) is 0 Å². The van der Waals surface area contributed by atoms with Gasteiger partial charge in [-0.25, -0.2) is 4.39 Å². The van der Waals surface area contributed by atoms with Gasteiger partial charge in [-0.05, 0) is 29.8 Å². The molecule has 1 aromatic carbocycles. The summed E-state index contributed by atoms with van der Waals surface area (Å²) in [6.07, 6.45) is 0. The summed E-state index contributed by atoms with van der Waals surface area (Å²) in [6, 6.07) is 4.94. The summed E-state index contributed by atoms with van der Waals surface area (Å²) in [5.41, 5.74) is 7.76. The molecule has 2 N–H and O–H groups in total. The van der Waals surface area contributed by atoms with Gasteiger partial charge in [-0.15, -0.1) is 0 Å². The minimum atomic E-state index is -0.199. The fraction of sp³-hybridized carbons (Fsp3) is 0.571. The van der Waals surface area contributed by atoms with Crippen LogP contribution in [0.4, 0.5) is 4.39 Å². The lowest BCUT2D eigenvalue weighted by atomic mass is 10.1. The molecule has 0 aromatic heterocycles. The third kappa shape index (κ3) is 3.28. The summed E-state index contributed by atoms with van der Waals surface area (Å²) in [6.45, 7) is 9.00. The van der Waals surface area contributed by atoms with Gasteiger partial charge >= 0.3 is 0 Å². The van der Waals surface area contributed by atoms with Crippen LogP contribution >= 0.6 is 0 Å². The van der Waals surface area contributed by atoms with Gasteiger partial charge in [0.25, 0.3) is 0 Å². The summed E-state index contributed by atoms with van der Waals surface area (Å²) in [4.78, 5) is 4.86. The first-order valence-electron chi connectivity index (χ1n) is 6.65. The van der Waals surface area contributed by atoms with Crippen molar-refractivity contribution in [3.05, 3.63) is 35.1 Å². The van der Waals surface area contributed by atoms with Crippen LogP contribution in [0.5, 0.6) is 0 Å². The molecule has 1 fully saturated rings. The van der Waals surface area contributed by atoms with Gasteiger partial charge in [0.05, 0.1) is 0 Å². The molecule has 0 bridgehead atoms. The highest BCUT2D eigenvalue weighted by molar-refractivity contribution is 5.27. The van der Waals surface area contributed by atoms with E-state index in [1.807, 2.05) is 6.07 Å². The summed E-state index contributed by atoms with van der Waals surface area (Å²) in [5, 5.41) is 0. The van der Waals surface area contributed by atoms with Crippen molar-refractivity contribution in [3.63, 3.8) is 0 Å². The van der Waals surface area contributed by atoms with E-state index in [9.17, 15) is 4.39 Å². The Bertz CT molecular complexity index is 387. The van der Waals surface area contributed by atoms with Crippen molar-refractivity contribution in [2.24, 2.45) is 5.73 Å². The van der Waals surface area contributed by atoms with Crippen LogP contribution in [0.2, 0.25) is 0 Å². The quantitative estimate of drug-likeness (QED) is 0.878. The van der Waals surface area contributed by atoms with Crippen LogP contribution in [-0.2, 0) is 13.1 Å². The standard InChI is InChI=1S/C14H22FN3/c1-2-17-5-7-18(8-6-17)11-12-3-4-14(15)9-13(12)10-16/h3-4,9H,2,5-8,10-11,16H2,1H3. The fourth-order valence-corrected chi connectivity index (χ4v) is 2.44. The SMILES string of the molecule is CCN1CCN(Cc2ccc(F)cc2CN)CC1. The van der Waals surface area contributed by atoms with Crippen LogP contribution in [0.15, 0.2) is 18.2 Å². The van der Waals surface area contributed by atoms with E-state index in [0.717, 1.165) is 50.4 Å². The third-order valence-corrected chi connectivity index (χ3v) is 3.69. The van der Waals surface area contributed by atoms with E-state index >= 15 is 0 Å². The Balaban J connectivity index is 1.97. The zero-order valence-electron chi connectivity index (χ0n) is 11.0. The molecule has 0 spiro atoms. The highest BCUT2D eigenvalue weighted by atomic mass is 19.1. The summed E-state index contributed by atoms with van der Waals surface area (Å²) in [5.74, 6) is -0.199. The summed E-state index contributed by atoms with van der Waals surface area (Å²) in [7, 11) is 0. The highest BCUT2D eigenvalue weighted by Crippen LogP contribution is 2.14. The van der Waals surface area contributed by atoms with E-state index in [2.05, 4.69) is 16.7 Å². The molecule has 0 saturated carbocycles. The Hall–Kier alpha value is -0.970. The van der Waals surface area contributed by atoms with Crippen LogP contribution < -0.4 is 5.73 Å². The second kappa shape index (κ2) is 6.27. The predicted octanol–water partition coefficient (Wildman–Crippen LogP) is 1.42. The zero-order chi connectivity index (χ0) is 13.0. The molecule has 0 atom stereocenters. The maximum Gasteiger partial charge on any atom is 0.123 e. The van der Waals surface area contributed by atoms with Gasteiger partial charge in [-0.2, -0.15) is 0 Å². The first-order chi connectivity index (χ1) is 8.72. The van der Waals surface area contributed by atoms with Crippen molar-refractivity contribution < 1.29 is 4.39 Å². The van der Waals surface area contributed by atoms with Crippen molar-refractivity contribution in [2.75, 3.05) is 32.7 Å². The molecule has 1 aromatic rings. The van der Waals surface area contributed by atoms with Crippen molar-refractivity contribution in [2.45, 2.75) is 20.0 Å². The molecule has 0 unspecified atom stereocenters. The molecular weight excluding hydrogens is 229 g/mol. The molecule has 3 nitrogen and oxygen atoms in total. The Morgan fingerprint density at radius 2 is 1.78 bits per heavy atom. The summed E-state index contributed by atoms with van der Waals surface area (Å²) < 4.78 is 13.1. The first kappa shape index (κ1) is 13.5. The molecule has 2 rings (SSSR count). The van der Waals surface area contributed by atoms with Gasteiger partial charge in [0, 0.05) is 39.3 Å². The average Bonchev–Trinajstić information content (AvgIpc) is 2.41. The maximum atomic E-state index is 13.1. The zero-order valence-corrected chi connectivity index (χ0v) is 11.0. The fourth-order valence-electron chi connectivity index (χ4n) is 2.44. The lowest BCUT2D eigenvalue weighted by molar-refractivity contribution is 0.131. The number of rotatable bonds is 4. The Morgan fingerprint density at radius 1 is 1.11 bits per heavy atom. The van der Waals surface area contributed by atoms with Crippen molar-refractivity contribution in [1.82, 2.24) is 9.80 Å². The third-order valence-electron chi connectivity index (χ3n) is 3.69. The lowest BCUT2D eigenvalue weighted by Gasteiger charge is -2.34. The lowest BCUT2D eigenvalue weighted by Crippen LogP contribution is -2.45. The molecule has 1 aliphatic rings. The van der Waals surface area contributed by atoms with E-state index in [-0.39, 0.29) is 5.82 Å². The minimum absolute atomic E-state index is 0.199.